The fraction of sp³-hybridized carbons (Fsp3) is 0.273. The van der Waals surface area contributed by atoms with Gasteiger partial charge in [0.1, 0.15) is 22.8 Å². The summed E-state index contributed by atoms with van der Waals surface area (Å²) in [6.07, 6.45) is -6.03. The Bertz CT molecular complexity index is 1180. The van der Waals surface area contributed by atoms with Crippen molar-refractivity contribution in [1.82, 2.24) is 0 Å². The number of esters is 1. The molecule has 2 aromatic carbocycles. The van der Waals surface area contributed by atoms with E-state index in [9.17, 15) is 22.8 Å². The number of rotatable bonds is 7. The highest BCUT2D eigenvalue weighted by Gasteiger charge is 2.40. The normalized spacial score (nSPS) is 12.3. The summed E-state index contributed by atoms with van der Waals surface area (Å²) in [5.74, 6) is -2.94. The molecular weight excluding hydrogens is 433 g/mol. The maximum absolute atomic E-state index is 13.7. The molecule has 3 aromatic rings. The molecule has 0 fully saturated rings. The molecule has 0 spiro atoms. The van der Waals surface area contributed by atoms with Crippen LogP contribution < -0.4 is 19.6 Å². The van der Waals surface area contributed by atoms with Crippen LogP contribution in [-0.2, 0) is 15.7 Å². The highest BCUT2D eigenvalue weighted by molar-refractivity contribution is 5.80. The highest BCUT2D eigenvalue weighted by atomic mass is 19.4. The molecule has 10 heteroatoms. The van der Waals surface area contributed by atoms with Crippen molar-refractivity contribution in [3.05, 3.63) is 58.4 Å². The zero-order valence-electron chi connectivity index (χ0n) is 17.3. The van der Waals surface area contributed by atoms with Crippen molar-refractivity contribution in [3.8, 4) is 23.0 Å². The fourth-order valence-electron chi connectivity index (χ4n) is 2.80. The van der Waals surface area contributed by atoms with Crippen LogP contribution in [-0.4, -0.2) is 25.8 Å². The second kappa shape index (κ2) is 9.21. The topological polar surface area (TPSA) is 84.2 Å². The summed E-state index contributed by atoms with van der Waals surface area (Å²) < 4.78 is 66.6. The number of halogens is 3. The molecule has 7 nitrogen and oxygen atoms in total. The second-order valence-corrected chi connectivity index (χ2v) is 6.54. The van der Waals surface area contributed by atoms with E-state index < -0.39 is 35.2 Å². The number of methoxy groups -OCH3 is 1. The van der Waals surface area contributed by atoms with Crippen molar-refractivity contribution in [2.75, 3.05) is 13.7 Å². The highest BCUT2D eigenvalue weighted by Crippen LogP contribution is 2.39. The number of benzene rings is 2. The molecule has 0 saturated heterocycles. The molecule has 0 saturated carbocycles. The first-order valence-electron chi connectivity index (χ1n) is 9.47. The zero-order chi connectivity index (χ0) is 23.5. The molecule has 1 unspecified atom stereocenters. The summed E-state index contributed by atoms with van der Waals surface area (Å²) in [6.45, 7) is 3.19. The Kier molecular flexibility index (Phi) is 6.61. The monoisotopic (exact) mass is 452 g/mol. The smallest absolute Gasteiger partial charge is 0.453 e. The molecule has 0 radical (unpaired) electrons. The lowest BCUT2D eigenvalue weighted by Gasteiger charge is -2.15. The molecular formula is C22H19F3O7. The van der Waals surface area contributed by atoms with E-state index in [-0.39, 0.29) is 29.1 Å². The third-order valence-corrected chi connectivity index (χ3v) is 4.27. The Hall–Kier alpha value is -3.69. The van der Waals surface area contributed by atoms with Crippen molar-refractivity contribution >= 4 is 16.9 Å². The summed E-state index contributed by atoms with van der Waals surface area (Å²) in [4.78, 5) is 24.6. The minimum absolute atomic E-state index is 0.0239. The van der Waals surface area contributed by atoms with Crippen LogP contribution >= 0.6 is 0 Å². The molecule has 3 rings (SSSR count). The lowest BCUT2D eigenvalue weighted by Crippen LogP contribution is -2.26. The number of alkyl halides is 3. The van der Waals surface area contributed by atoms with Gasteiger partial charge in [-0.15, -0.1) is 0 Å². The Morgan fingerprint density at radius 1 is 1.09 bits per heavy atom. The fourth-order valence-corrected chi connectivity index (χ4v) is 2.80. The van der Waals surface area contributed by atoms with Gasteiger partial charge >= 0.3 is 12.1 Å². The summed E-state index contributed by atoms with van der Waals surface area (Å²) in [5.41, 5.74) is -1.40. The first-order valence-corrected chi connectivity index (χ1v) is 9.47. The number of fused-ring (bicyclic) bond motifs is 1. The van der Waals surface area contributed by atoms with Crippen LogP contribution in [0.4, 0.5) is 13.2 Å². The predicted molar refractivity (Wildman–Crippen MR) is 107 cm³/mol. The van der Waals surface area contributed by atoms with Crippen molar-refractivity contribution in [1.29, 1.82) is 0 Å². The molecule has 0 aliphatic heterocycles. The van der Waals surface area contributed by atoms with Crippen LogP contribution in [0.1, 0.15) is 19.6 Å². The molecule has 170 valence electrons. The lowest BCUT2D eigenvalue weighted by molar-refractivity contribution is -0.154. The van der Waals surface area contributed by atoms with Gasteiger partial charge in [-0.05, 0) is 38.1 Å². The van der Waals surface area contributed by atoms with Crippen LogP contribution in [0.5, 0.6) is 23.0 Å². The molecule has 1 heterocycles. The molecule has 0 N–H and O–H groups in total. The van der Waals surface area contributed by atoms with Gasteiger partial charge in [0.2, 0.25) is 11.2 Å². The number of ether oxygens (including phenoxy) is 4. The number of hydrogen-bond acceptors (Lipinski definition) is 7. The van der Waals surface area contributed by atoms with Gasteiger partial charge in [0.25, 0.3) is 5.76 Å². The van der Waals surface area contributed by atoms with E-state index in [0.29, 0.717) is 5.75 Å². The Labute approximate surface area is 180 Å². The Balaban J connectivity index is 2.06. The third-order valence-electron chi connectivity index (χ3n) is 4.27. The SMILES string of the molecule is CCOC(=O)C(C)Oc1ccc2c(=O)c(Oc3cccc(OC)c3)c(C(F)(F)F)oc2c1. The van der Waals surface area contributed by atoms with Gasteiger partial charge in [-0.25, -0.2) is 4.79 Å². The first kappa shape index (κ1) is 23.0. The molecule has 1 aromatic heterocycles. The number of carbonyl (C=O) groups is 1. The van der Waals surface area contributed by atoms with Crippen LogP contribution in [0.15, 0.2) is 51.7 Å². The second-order valence-electron chi connectivity index (χ2n) is 6.54. The van der Waals surface area contributed by atoms with Gasteiger partial charge in [0, 0.05) is 12.1 Å². The van der Waals surface area contributed by atoms with Gasteiger partial charge < -0.3 is 23.4 Å². The van der Waals surface area contributed by atoms with E-state index in [1.165, 1.54) is 44.4 Å². The van der Waals surface area contributed by atoms with Gasteiger partial charge in [0.15, 0.2) is 6.10 Å². The summed E-state index contributed by atoms with van der Waals surface area (Å²) >= 11 is 0. The van der Waals surface area contributed by atoms with Crippen LogP contribution in [0.2, 0.25) is 0 Å². The number of carbonyl (C=O) groups excluding carboxylic acids is 1. The van der Waals surface area contributed by atoms with Crippen molar-refractivity contribution in [3.63, 3.8) is 0 Å². The quantitative estimate of drug-likeness (QED) is 0.470. The van der Waals surface area contributed by atoms with Crippen LogP contribution in [0.3, 0.4) is 0 Å². The molecule has 1 atom stereocenters. The maximum atomic E-state index is 13.7. The summed E-state index contributed by atoms with van der Waals surface area (Å²) in [6, 6.07) is 9.43. The van der Waals surface area contributed by atoms with E-state index in [1.807, 2.05) is 0 Å². The average Bonchev–Trinajstić information content (AvgIpc) is 2.75. The Morgan fingerprint density at radius 2 is 1.81 bits per heavy atom. The standard InChI is InChI=1S/C22H19F3O7/c1-4-29-21(27)12(2)30-15-8-9-16-17(11-15)32-20(22(23,24)25)19(18(16)26)31-14-7-5-6-13(10-14)28-3/h5-12H,4H2,1-3H3. The molecule has 32 heavy (non-hydrogen) atoms. The van der Waals surface area contributed by atoms with E-state index in [2.05, 4.69) is 0 Å². The molecule has 0 aliphatic rings. The van der Waals surface area contributed by atoms with E-state index in [0.717, 1.165) is 6.07 Å². The van der Waals surface area contributed by atoms with Gasteiger partial charge in [-0.1, -0.05) is 6.07 Å². The average molecular weight is 452 g/mol. The lowest BCUT2D eigenvalue weighted by atomic mass is 10.2. The molecule has 0 amide bonds. The zero-order valence-corrected chi connectivity index (χ0v) is 17.3. The van der Waals surface area contributed by atoms with Crippen molar-refractivity contribution in [2.24, 2.45) is 0 Å². The maximum Gasteiger partial charge on any atom is 0.453 e. The minimum atomic E-state index is -5.02. The molecule has 0 bridgehead atoms. The third kappa shape index (κ3) is 4.96. The van der Waals surface area contributed by atoms with Crippen molar-refractivity contribution < 1.29 is 41.3 Å². The summed E-state index contributed by atoms with van der Waals surface area (Å²) in [5, 5.41) is -0.160. The number of hydrogen-bond donors (Lipinski definition) is 0. The van der Waals surface area contributed by atoms with E-state index in [4.69, 9.17) is 23.4 Å². The largest absolute Gasteiger partial charge is 0.497 e. The van der Waals surface area contributed by atoms with E-state index >= 15 is 0 Å². The van der Waals surface area contributed by atoms with E-state index in [1.54, 1.807) is 13.0 Å². The van der Waals surface area contributed by atoms with Gasteiger partial charge in [-0.3, -0.25) is 4.79 Å². The minimum Gasteiger partial charge on any atom is -0.497 e. The van der Waals surface area contributed by atoms with Crippen LogP contribution in [0, 0.1) is 0 Å². The first-order chi connectivity index (χ1) is 15.1. The van der Waals surface area contributed by atoms with Gasteiger partial charge in [0.05, 0.1) is 19.1 Å². The van der Waals surface area contributed by atoms with Crippen molar-refractivity contribution in [2.45, 2.75) is 26.1 Å². The Morgan fingerprint density at radius 3 is 2.47 bits per heavy atom. The predicted octanol–water partition coefficient (Wildman–Crippen LogP) is 4.94. The summed E-state index contributed by atoms with van der Waals surface area (Å²) in [7, 11) is 1.38. The van der Waals surface area contributed by atoms with Gasteiger partial charge in [-0.2, -0.15) is 13.2 Å². The van der Waals surface area contributed by atoms with Crippen LogP contribution in [0.25, 0.3) is 11.0 Å². The molecule has 0 aliphatic carbocycles.